The summed E-state index contributed by atoms with van der Waals surface area (Å²) in [6.45, 7) is 6.25. The van der Waals surface area contributed by atoms with Crippen molar-refractivity contribution in [2.24, 2.45) is 0 Å². The number of hydrogen-bond donors (Lipinski definition) is 6. The zero-order valence-electron chi connectivity index (χ0n) is 49.0. The zero-order valence-corrected chi connectivity index (χ0v) is 49.0. The number of para-hydroxylation sites is 6. The number of nitrogens with two attached hydrogens (primary N) is 3. The molecule has 9 aromatic rings. The van der Waals surface area contributed by atoms with E-state index in [4.69, 9.17) is 31.4 Å². The molecule has 3 aliphatic rings. The van der Waals surface area contributed by atoms with Crippen molar-refractivity contribution in [2.75, 3.05) is 108 Å². The molecule has 0 spiro atoms. The van der Waals surface area contributed by atoms with E-state index in [0.717, 1.165) is 108 Å². The molecule has 0 atom stereocenters. The Morgan fingerprint density at radius 3 is 1.21 bits per heavy atom. The van der Waals surface area contributed by atoms with Gasteiger partial charge in [0.25, 0.3) is 17.7 Å². The van der Waals surface area contributed by atoms with Crippen molar-refractivity contribution < 1.29 is 28.6 Å². The average Bonchev–Trinajstić information content (AvgIpc) is 3.15. The molecule has 0 aliphatic carbocycles. The van der Waals surface area contributed by atoms with Gasteiger partial charge in [-0.25, -0.2) is 29.9 Å². The normalized spacial score (nSPS) is 14.4. The molecule has 444 valence electrons. The quantitative estimate of drug-likeness (QED) is 0.0823. The number of carbonyl (C=O) groups is 3. The summed E-state index contributed by atoms with van der Waals surface area (Å²) in [5.74, 6) is 1.38. The first-order chi connectivity index (χ1) is 42.2. The fourth-order valence-corrected chi connectivity index (χ4v) is 10.0. The van der Waals surface area contributed by atoms with E-state index in [0.29, 0.717) is 54.0 Å². The summed E-state index contributed by atoms with van der Waals surface area (Å²) in [5.41, 5.74) is 28.2. The number of nitrogens with one attached hydrogen (secondary N) is 3. The molecule has 3 aliphatic heterocycles. The summed E-state index contributed by atoms with van der Waals surface area (Å²) in [6.07, 6.45) is 9.44. The third-order valence-corrected chi connectivity index (χ3v) is 14.6. The molecule has 0 unspecified atom stereocenters. The molecular formula is C66H69N15O6. The van der Waals surface area contributed by atoms with Gasteiger partial charge in [-0.05, 0) is 123 Å². The molecule has 87 heavy (non-hydrogen) atoms. The van der Waals surface area contributed by atoms with Crippen LogP contribution in [-0.2, 0) is 0 Å². The average molecular weight is 1170 g/mol. The highest BCUT2D eigenvalue weighted by molar-refractivity contribution is 6.09. The van der Waals surface area contributed by atoms with Crippen LogP contribution in [-0.4, -0.2) is 108 Å². The van der Waals surface area contributed by atoms with E-state index in [-0.39, 0.29) is 40.4 Å². The number of rotatable bonds is 0. The molecule has 0 saturated heterocycles. The van der Waals surface area contributed by atoms with Gasteiger partial charge in [0.2, 0.25) is 0 Å². The SMILES string of the molecule is CN1CCCCCOc2cccc(c2)-c2cnc(N)c(n2)C(=O)Nc2ccccc21.CN1CCCOc2cccc(c2)-c2cnc(N)c(n2)C(=O)Nc2ccccc21.Cc1cc2cc(c1)-c1cnc(N)c(n1)C(=O)Nc1ccccc1N(C)CCCO2. The lowest BCUT2D eigenvalue weighted by atomic mass is 10.1. The molecule has 21 heteroatoms. The Morgan fingerprint density at radius 2 is 0.770 bits per heavy atom. The fraction of sp³-hybridized carbons (Fsp3) is 0.227. The summed E-state index contributed by atoms with van der Waals surface area (Å²) in [7, 11) is 6.00. The number of anilines is 9. The molecule has 6 aromatic carbocycles. The lowest BCUT2D eigenvalue weighted by molar-refractivity contribution is 0.101. The summed E-state index contributed by atoms with van der Waals surface area (Å²) in [5, 5.41) is 8.81. The van der Waals surface area contributed by atoms with Crippen LogP contribution in [0.2, 0.25) is 0 Å². The number of benzene rings is 6. The number of aromatic nitrogens is 6. The van der Waals surface area contributed by atoms with Crippen molar-refractivity contribution in [1.82, 2.24) is 29.9 Å². The van der Waals surface area contributed by atoms with Crippen molar-refractivity contribution in [3.05, 3.63) is 181 Å². The first-order valence-electron chi connectivity index (χ1n) is 28.7. The molecule has 9 N–H and O–H groups in total. The number of aryl methyl sites for hydroxylation is 1. The van der Waals surface area contributed by atoms with Gasteiger partial charge in [0.1, 0.15) is 17.2 Å². The summed E-state index contributed by atoms with van der Waals surface area (Å²) >= 11 is 0. The standard InChI is InChI=1S/C23H25N5O2.C22H23N5O2.C21H21N5O2/c1-28-12-5-2-6-13-30-17-9-7-8-16(14-17)19-15-25-22(24)21(26-19)23(29)27-18-10-3-4-11-20(18)28;1-14-10-15-12-16(11-14)29-9-5-8-27(2)19-7-4-3-6-17(19)26-22(28)20-21(23)24-13-18(15)25-20;1-26-10-5-11-28-15-7-4-6-14(12-15)17-13-23-20(22)19(24-17)21(27)25-16-8-2-3-9-18(16)26/h3-4,7-11,14-15H,2,5-6,12-13H2,1H3,(H2,24,25)(H,27,29);3-4,6-7,10-13H,5,8-9H2,1-2H3,(H2,23,24)(H,26,28);2-4,6-9,12-13H,5,10-11H2,1H3,(H2,22,23)(H,25,27). The van der Waals surface area contributed by atoms with Gasteiger partial charge < -0.3 is 62.1 Å². The van der Waals surface area contributed by atoms with Crippen LogP contribution in [0.1, 0.15) is 69.1 Å². The molecule has 3 amide bonds. The van der Waals surface area contributed by atoms with Gasteiger partial charge >= 0.3 is 0 Å². The van der Waals surface area contributed by atoms with Crippen LogP contribution in [0.4, 0.5) is 51.6 Å². The Bertz CT molecular complexity index is 3940. The van der Waals surface area contributed by atoms with Gasteiger partial charge in [-0.3, -0.25) is 14.4 Å². The van der Waals surface area contributed by atoms with Gasteiger partial charge in [-0.1, -0.05) is 60.7 Å². The maximum Gasteiger partial charge on any atom is 0.278 e. The van der Waals surface area contributed by atoms with Crippen LogP contribution in [0.25, 0.3) is 33.8 Å². The Kier molecular flexibility index (Phi) is 18.9. The lowest BCUT2D eigenvalue weighted by Gasteiger charge is -2.22. The molecule has 12 rings (SSSR count). The highest BCUT2D eigenvalue weighted by Crippen LogP contribution is 2.32. The van der Waals surface area contributed by atoms with Crippen molar-refractivity contribution in [3.8, 4) is 51.0 Å². The minimum atomic E-state index is -0.394. The number of hydrogen-bond acceptors (Lipinski definition) is 18. The molecule has 12 bridgehead atoms. The van der Waals surface area contributed by atoms with E-state index < -0.39 is 11.8 Å². The van der Waals surface area contributed by atoms with E-state index in [1.165, 1.54) is 0 Å². The van der Waals surface area contributed by atoms with Crippen LogP contribution < -0.4 is 62.1 Å². The van der Waals surface area contributed by atoms with Gasteiger partial charge in [0.15, 0.2) is 34.5 Å². The molecule has 3 aromatic heterocycles. The second kappa shape index (κ2) is 27.7. The monoisotopic (exact) mass is 1170 g/mol. The summed E-state index contributed by atoms with van der Waals surface area (Å²) in [6, 6.07) is 44.1. The molecule has 0 radical (unpaired) electrons. The number of carbonyl (C=O) groups excluding carboxylic acids is 3. The van der Waals surface area contributed by atoms with E-state index in [1.807, 2.05) is 168 Å². The smallest absolute Gasteiger partial charge is 0.278 e. The van der Waals surface area contributed by atoms with E-state index in [1.54, 1.807) is 18.6 Å². The summed E-state index contributed by atoms with van der Waals surface area (Å²) in [4.78, 5) is 71.2. The first-order valence-corrected chi connectivity index (χ1v) is 28.7. The Balaban J connectivity index is 0.000000145. The van der Waals surface area contributed by atoms with Gasteiger partial charge in [0.05, 0.1) is 89.6 Å². The van der Waals surface area contributed by atoms with E-state index in [2.05, 4.69) is 60.6 Å². The van der Waals surface area contributed by atoms with Crippen LogP contribution in [0.5, 0.6) is 17.2 Å². The topological polar surface area (TPSA) is 280 Å². The zero-order chi connectivity index (χ0) is 60.8. The number of amides is 3. The number of nitrogens with zero attached hydrogens (tertiary/aromatic N) is 9. The Hall–Kier alpha value is -10.8. The minimum absolute atomic E-state index is 0.0869. The predicted molar refractivity (Wildman–Crippen MR) is 343 cm³/mol. The number of nitrogen functional groups attached to an aromatic ring is 3. The van der Waals surface area contributed by atoms with Crippen molar-refractivity contribution in [3.63, 3.8) is 0 Å². The van der Waals surface area contributed by atoms with E-state index in [9.17, 15) is 14.4 Å². The Morgan fingerprint density at radius 1 is 0.402 bits per heavy atom. The fourth-order valence-electron chi connectivity index (χ4n) is 10.0. The molecule has 21 nitrogen and oxygen atoms in total. The second-order valence-electron chi connectivity index (χ2n) is 21.0. The second-order valence-corrected chi connectivity index (χ2v) is 21.0. The molecule has 0 fully saturated rings. The maximum absolute atomic E-state index is 13.0. The van der Waals surface area contributed by atoms with Crippen molar-refractivity contribution in [2.45, 2.75) is 39.0 Å². The van der Waals surface area contributed by atoms with Crippen molar-refractivity contribution >= 4 is 69.3 Å². The highest BCUT2D eigenvalue weighted by Gasteiger charge is 2.22. The van der Waals surface area contributed by atoms with Gasteiger partial charge in [-0.2, -0.15) is 0 Å². The first kappa shape index (κ1) is 59.3. The summed E-state index contributed by atoms with van der Waals surface area (Å²) < 4.78 is 17.8. The molecule has 6 heterocycles. The lowest BCUT2D eigenvalue weighted by Crippen LogP contribution is -2.23. The Labute approximate surface area is 505 Å². The third-order valence-electron chi connectivity index (χ3n) is 14.6. The number of fused-ring (bicyclic) bond motifs is 18. The van der Waals surface area contributed by atoms with Gasteiger partial charge in [-0.15, -0.1) is 0 Å². The highest BCUT2D eigenvalue weighted by atomic mass is 16.5. The predicted octanol–water partition coefficient (Wildman–Crippen LogP) is 10.7. The van der Waals surface area contributed by atoms with E-state index >= 15 is 0 Å². The molecular weight excluding hydrogens is 1100 g/mol. The van der Waals surface area contributed by atoms with Crippen molar-refractivity contribution in [1.29, 1.82) is 0 Å². The maximum atomic E-state index is 13.0. The third kappa shape index (κ3) is 14.9. The number of ether oxygens (including phenoxy) is 3. The van der Waals surface area contributed by atoms with Crippen LogP contribution >= 0.6 is 0 Å². The minimum Gasteiger partial charge on any atom is -0.494 e. The van der Waals surface area contributed by atoms with Crippen LogP contribution in [0.3, 0.4) is 0 Å². The molecule has 0 saturated carbocycles. The van der Waals surface area contributed by atoms with Gasteiger partial charge in [0, 0.05) is 57.5 Å². The largest absolute Gasteiger partial charge is 0.494 e. The van der Waals surface area contributed by atoms with Crippen LogP contribution in [0, 0.1) is 6.92 Å². The van der Waals surface area contributed by atoms with Crippen LogP contribution in [0.15, 0.2) is 158 Å².